The highest BCUT2D eigenvalue weighted by Gasteiger charge is 2.07. The summed E-state index contributed by atoms with van der Waals surface area (Å²) < 4.78 is 0. The first-order valence-corrected chi connectivity index (χ1v) is 8.25. The molecule has 0 bridgehead atoms. The molecule has 0 radical (unpaired) electrons. The van der Waals surface area contributed by atoms with E-state index in [2.05, 4.69) is 22.4 Å². The van der Waals surface area contributed by atoms with E-state index in [9.17, 15) is 4.79 Å². The molecule has 3 aromatic rings. The van der Waals surface area contributed by atoms with Crippen LogP contribution in [0.1, 0.15) is 5.56 Å². The molecule has 1 amide bonds. The van der Waals surface area contributed by atoms with Crippen molar-refractivity contribution in [1.82, 2.24) is 4.98 Å². The molecule has 0 aliphatic heterocycles. The average molecular weight is 308 g/mol. The van der Waals surface area contributed by atoms with Crippen LogP contribution in [0, 0.1) is 0 Å². The lowest BCUT2D eigenvalue weighted by Gasteiger charge is -2.08. The van der Waals surface area contributed by atoms with Gasteiger partial charge in [0.15, 0.2) is 0 Å². The minimum atomic E-state index is -0.0324. The van der Waals surface area contributed by atoms with Gasteiger partial charge in [-0.3, -0.25) is 4.79 Å². The maximum absolute atomic E-state index is 12.2. The smallest absolute Gasteiger partial charge is 0.228 e. The van der Waals surface area contributed by atoms with Crippen molar-refractivity contribution >= 4 is 34.1 Å². The molecule has 1 heterocycles. The molecular formula is C18H16N2OS. The third-order valence-corrected chi connectivity index (χ3v) is 4.12. The molecule has 3 rings (SSSR count). The summed E-state index contributed by atoms with van der Waals surface area (Å²) >= 11 is 1.58. The van der Waals surface area contributed by atoms with Crippen molar-refractivity contribution in [1.29, 1.82) is 0 Å². The van der Waals surface area contributed by atoms with Crippen molar-refractivity contribution in [2.75, 3.05) is 11.6 Å². The summed E-state index contributed by atoms with van der Waals surface area (Å²) in [5.74, 6) is -0.0324. The van der Waals surface area contributed by atoms with Crippen LogP contribution in [0.15, 0.2) is 65.8 Å². The zero-order valence-electron chi connectivity index (χ0n) is 12.2. The number of rotatable bonds is 4. The zero-order chi connectivity index (χ0) is 15.4. The standard InChI is InChI=1S/C18H16N2OS/c1-22-18-10-9-15(12-19-18)20-17(21)11-14-7-4-6-13-5-2-3-8-16(13)14/h2-10,12H,11H2,1H3,(H,20,21). The highest BCUT2D eigenvalue weighted by atomic mass is 32.2. The first-order chi connectivity index (χ1) is 10.8. The second-order valence-corrected chi connectivity index (χ2v) is 5.78. The lowest BCUT2D eigenvalue weighted by molar-refractivity contribution is -0.115. The largest absolute Gasteiger partial charge is 0.324 e. The van der Waals surface area contributed by atoms with E-state index >= 15 is 0 Å². The minimum absolute atomic E-state index is 0.0324. The Balaban J connectivity index is 1.75. The van der Waals surface area contributed by atoms with Crippen LogP contribution >= 0.6 is 11.8 Å². The first kappa shape index (κ1) is 14.6. The van der Waals surface area contributed by atoms with Crippen LogP contribution in [0.2, 0.25) is 0 Å². The number of carbonyl (C=O) groups is 1. The Hall–Kier alpha value is -2.33. The van der Waals surface area contributed by atoms with Crippen LogP contribution < -0.4 is 5.32 Å². The number of nitrogens with one attached hydrogen (secondary N) is 1. The molecule has 110 valence electrons. The van der Waals surface area contributed by atoms with Gasteiger partial charge in [0, 0.05) is 0 Å². The Labute approximate surface area is 133 Å². The number of pyridine rings is 1. The number of anilines is 1. The predicted molar refractivity (Wildman–Crippen MR) is 92.3 cm³/mol. The molecule has 0 unspecified atom stereocenters. The molecule has 0 atom stereocenters. The third kappa shape index (κ3) is 3.28. The number of amides is 1. The van der Waals surface area contributed by atoms with Gasteiger partial charge in [-0.05, 0) is 34.7 Å². The molecule has 4 heteroatoms. The number of fused-ring (bicyclic) bond motifs is 1. The molecule has 22 heavy (non-hydrogen) atoms. The van der Waals surface area contributed by atoms with E-state index in [1.807, 2.05) is 48.7 Å². The Morgan fingerprint density at radius 1 is 1.09 bits per heavy atom. The first-order valence-electron chi connectivity index (χ1n) is 7.03. The highest BCUT2D eigenvalue weighted by molar-refractivity contribution is 7.98. The van der Waals surface area contributed by atoms with Gasteiger partial charge in [-0.25, -0.2) is 4.98 Å². The van der Waals surface area contributed by atoms with Gasteiger partial charge in [0.2, 0.25) is 5.91 Å². The zero-order valence-corrected chi connectivity index (χ0v) is 13.1. The van der Waals surface area contributed by atoms with Gasteiger partial charge >= 0.3 is 0 Å². The molecule has 0 saturated heterocycles. The summed E-state index contributed by atoms with van der Waals surface area (Å²) in [5.41, 5.74) is 1.76. The maximum Gasteiger partial charge on any atom is 0.228 e. The number of carbonyl (C=O) groups excluding carboxylic acids is 1. The van der Waals surface area contributed by atoms with Crippen LogP contribution in [0.25, 0.3) is 10.8 Å². The van der Waals surface area contributed by atoms with Crippen molar-refractivity contribution in [3.63, 3.8) is 0 Å². The molecule has 3 nitrogen and oxygen atoms in total. The summed E-state index contributed by atoms with van der Waals surface area (Å²) in [5, 5.41) is 6.11. The van der Waals surface area contributed by atoms with E-state index in [0.717, 1.165) is 27.0 Å². The van der Waals surface area contributed by atoms with Gasteiger partial charge in [-0.2, -0.15) is 0 Å². The lowest BCUT2D eigenvalue weighted by atomic mass is 10.0. The van der Waals surface area contributed by atoms with Gasteiger partial charge in [0.05, 0.1) is 23.3 Å². The summed E-state index contributed by atoms with van der Waals surface area (Å²) in [7, 11) is 0. The fraction of sp³-hybridized carbons (Fsp3) is 0.111. The Kier molecular flexibility index (Phi) is 4.39. The van der Waals surface area contributed by atoms with Crippen LogP contribution in [0.3, 0.4) is 0 Å². The van der Waals surface area contributed by atoms with Crippen LogP contribution in [-0.2, 0) is 11.2 Å². The van der Waals surface area contributed by atoms with Gasteiger partial charge in [0.1, 0.15) is 0 Å². The van der Waals surface area contributed by atoms with E-state index < -0.39 is 0 Å². The summed E-state index contributed by atoms with van der Waals surface area (Å²) in [6.07, 6.45) is 4.01. The Morgan fingerprint density at radius 2 is 1.91 bits per heavy atom. The van der Waals surface area contributed by atoms with Crippen molar-refractivity contribution in [3.05, 3.63) is 66.4 Å². The van der Waals surface area contributed by atoms with E-state index in [0.29, 0.717) is 6.42 Å². The summed E-state index contributed by atoms with van der Waals surface area (Å²) in [6, 6.07) is 17.9. The Bertz CT molecular complexity index is 794. The second-order valence-electron chi connectivity index (χ2n) is 4.95. The molecule has 0 fully saturated rings. The molecule has 0 aliphatic rings. The van der Waals surface area contributed by atoms with Gasteiger partial charge in [0.25, 0.3) is 0 Å². The number of benzene rings is 2. The number of hydrogen-bond donors (Lipinski definition) is 1. The van der Waals surface area contributed by atoms with Crippen molar-refractivity contribution < 1.29 is 4.79 Å². The summed E-state index contributed by atoms with van der Waals surface area (Å²) in [4.78, 5) is 16.5. The molecule has 0 spiro atoms. The molecule has 2 aromatic carbocycles. The molecule has 0 aliphatic carbocycles. The molecular weight excluding hydrogens is 292 g/mol. The highest BCUT2D eigenvalue weighted by Crippen LogP contribution is 2.19. The molecule has 1 aromatic heterocycles. The average Bonchev–Trinajstić information content (AvgIpc) is 2.56. The third-order valence-electron chi connectivity index (χ3n) is 3.46. The monoisotopic (exact) mass is 308 g/mol. The fourth-order valence-electron chi connectivity index (χ4n) is 2.40. The van der Waals surface area contributed by atoms with Gasteiger partial charge in [-0.1, -0.05) is 42.5 Å². The second kappa shape index (κ2) is 6.62. The van der Waals surface area contributed by atoms with Gasteiger partial charge < -0.3 is 5.32 Å². The SMILES string of the molecule is CSc1ccc(NC(=O)Cc2cccc3ccccc23)cn1. The van der Waals surface area contributed by atoms with E-state index in [1.165, 1.54) is 0 Å². The lowest BCUT2D eigenvalue weighted by Crippen LogP contribution is -2.14. The van der Waals surface area contributed by atoms with E-state index in [1.54, 1.807) is 18.0 Å². The molecule has 0 saturated carbocycles. The Morgan fingerprint density at radius 3 is 2.68 bits per heavy atom. The van der Waals surface area contributed by atoms with Gasteiger partial charge in [-0.15, -0.1) is 11.8 Å². The molecule has 1 N–H and O–H groups in total. The fourth-order valence-corrected chi connectivity index (χ4v) is 2.76. The van der Waals surface area contributed by atoms with Crippen molar-refractivity contribution in [3.8, 4) is 0 Å². The van der Waals surface area contributed by atoms with Crippen LogP contribution in [0.5, 0.6) is 0 Å². The quantitative estimate of drug-likeness (QED) is 0.737. The van der Waals surface area contributed by atoms with E-state index in [-0.39, 0.29) is 5.91 Å². The van der Waals surface area contributed by atoms with E-state index in [4.69, 9.17) is 0 Å². The number of aromatic nitrogens is 1. The normalized spacial score (nSPS) is 10.6. The maximum atomic E-state index is 12.2. The number of thioether (sulfide) groups is 1. The predicted octanol–water partition coefficient (Wildman–Crippen LogP) is 4.14. The van der Waals surface area contributed by atoms with Crippen LogP contribution in [0.4, 0.5) is 5.69 Å². The topological polar surface area (TPSA) is 42.0 Å². The summed E-state index contributed by atoms with van der Waals surface area (Å²) in [6.45, 7) is 0. The number of nitrogens with zero attached hydrogens (tertiary/aromatic N) is 1. The van der Waals surface area contributed by atoms with Crippen molar-refractivity contribution in [2.24, 2.45) is 0 Å². The minimum Gasteiger partial charge on any atom is -0.324 e. The van der Waals surface area contributed by atoms with Crippen molar-refractivity contribution in [2.45, 2.75) is 11.4 Å². The number of hydrogen-bond acceptors (Lipinski definition) is 3. The van der Waals surface area contributed by atoms with Crippen LogP contribution in [-0.4, -0.2) is 17.1 Å².